The van der Waals surface area contributed by atoms with Gasteiger partial charge in [0, 0.05) is 12.1 Å². The maximum atomic E-state index is 3.46. The van der Waals surface area contributed by atoms with Crippen LogP contribution in [0.25, 0.3) is 0 Å². The van der Waals surface area contributed by atoms with Crippen molar-refractivity contribution in [3.05, 3.63) is 6.04 Å². The van der Waals surface area contributed by atoms with E-state index in [9.17, 15) is 0 Å². The molecule has 0 heterocycles. The summed E-state index contributed by atoms with van der Waals surface area (Å²) in [6.07, 6.45) is 5.43. The highest BCUT2D eigenvalue weighted by Crippen LogP contribution is 2.24. The molecule has 9 heavy (non-hydrogen) atoms. The van der Waals surface area contributed by atoms with E-state index >= 15 is 0 Å². The van der Waals surface area contributed by atoms with E-state index in [0.29, 0.717) is 6.04 Å². The van der Waals surface area contributed by atoms with Crippen molar-refractivity contribution in [3.8, 4) is 0 Å². The highest BCUT2D eigenvalue weighted by Gasteiger charge is 2.15. The van der Waals surface area contributed by atoms with E-state index in [-0.39, 0.29) is 0 Å². The lowest BCUT2D eigenvalue weighted by Gasteiger charge is -2.13. The van der Waals surface area contributed by atoms with E-state index in [2.05, 4.69) is 19.2 Å². The molecule has 0 aromatic heterocycles. The van der Waals surface area contributed by atoms with Crippen LogP contribution in [-0.4, -0.2) is 6.04 Å². The molecule has 0 saturated heterocycles. The molecule has 0 aromatic carbocycles. The Morgan fingerprint density at radius 2 is 1.78 bits per heavy atom. The van der Waals surface area contributed by atoms with Crippen molar-refractivity contribution >= 4 is 0 Å². The Morgan fingerprint density at radius 1 is 1.22 bits per heavy atom. The molecule has 0 unspecified atom stereocenters. The average Bonchev–Trinajstić information content (AvgIpc) is 2.15. The van der Waals surface area contributed by atoms with Crippen molar-refractivity contribution in [2.75, 3.05) is 0 Å². The third kappa shape index (κ3) is 2.35. The van der Waals surface area contributed by atoms with E-state index in [0.717, 1.165) is 0 Å². The zero-order chi connectivity index (χ0) is 6.69. The molecule has 53 valence electrons. The zero-order valence-electron chi connectivity index (χ0n) is 6.41. The van der Waals surface area contributed by atoms with Crippen LogP contribution in [0.15, 0.2) is 0 Å². The van der Waals surface area contributed by atoms with Gasteiger partial charge in [-0.25, -0.2) is 0 Å². The SMILES string of the molecule is CC(C)N[C]1CCCC1. The van der Waals surface area contributed by atoms with Crippen molar-refractivity contribution < 1.29 is 0 Å². The number of nitrogens with one attached hydrogen (secondary N) is 1. The predicted octanol–water partition coefficient (Wildman–Crippen LogP) is 2.09. The minimum atomic E-state index is 0.637. The summed E-state index contributed by atoms with van der Waals surface area (Å²) in [5.74, 6) is 0. The molecule has 1 rings (SSSR count). The summed E-state index contributed by atoms with van der Waals surface area (Å²) in [6.45, 7) is 4.40. The van der Waals surface area contributed by atoms with Gasteiger partial charge in [-0.15, -0.1) is 0 Å². The molecule has 1 heteroatoms. The van der Waals surface area contributed by atoms with E-state index in [1.165, 1.54) is 25.7 Å². The van der Waals surface area contributed by atoms with Gasteiger partial charge < -0.3 is 5.32 Å². The molecule has 0 aliphatic heterocycles. The minimum Gasteiger partial charge on any atom is -0.307 e. The first-order valence-corrected chi connectivity index (χ1v) is 3.90. The van der Waals surface area contributed by atoms with Gasteiger partial charge in [-0.2, -0.15) is 0 Å². The van der Waals surface area contributed by atoms with Crippen molar-refractivity contribution in [1.82, 2.24) is 5.32 Å². The predicted molar refractivity (Wildman–Crippen MR) is 40.0 cm³/mol. The van der Waals surface area contributed by atoms with E-state index < -0.39 is 0 Å². The van der Waals surface area contributed by atoms with Crippen LogP contribution in [-0.2, 0) is 0 Å². The van der Waals surface area contributed by atoms with Crippen LogP contribution < -0.4 is 5.32 Å². The molecule has 1 nitrogen and oxygen atoms in total. The maximum Gasteiger partial charge on any atom is 0.0366 e. The first-order chi connectivity index (χ1) is 4.29. The molecule has 1 saturated carbocycles. The summed E-state index contributed by atoms with van der Waals surface area (Å²) in [7, 11) is 0. The van der Waals surface area contributed by atoms with Crippen molar-refractivity contribution in [2.24, 2.45) is 0 Å². The fourth-order valence-corrected chi connectivity index (χ4v) is 1.35. The van der Waals surface area contributed by atoms with Crippen LogP contribution in [0.4, 0.5) is 0 Å². The molecule has 0 bridgehead atoms. The fraction of sp³-hybridized carbons (Fsp3) is 0.875. The molecular formula is C8H16N. The van der Waals surface area contributed by atoms with E-state index in [1.54, 1.807) is 6.04 Å². The van der Waals surface area contributed by atoms with Crippen molar-refractivity contribution in [1.29, 1.82) is 0 Å². The second-order valence-corrected chi connectivity index (χ2v) is 3.11. The van der Waals surface area contributed by atoms with E-state index in [4.69, 9.17) is 0 Å². The van der Waals surface area contributed by atoms with Crippen LogP contribution in [0.5, 0.6) is 0 Å². The minimum absolute atomic E-state index is 0.637. The molecule has 1 radical (unpaired) electrons. The summed E-state index contributed by atoms with van der Waals surface area (Å²) in [4.78, 5) is 0. The Balaban J connectivity index is 2.11. The van der Waals surface area contributed by atoms with Gasteiger partial charge in [0.05, 0.1) is 0 Å². The summed E-state index contributed by atoms with van der Waals surface area (Å²) in [5, 5.41) is 3.46. The Hall–Kier alpha value is -0.0400. The molecule has 0 aromatic rings. The second kappa shape index (κ2) is 3.21. The summed E-state index contributed by atoms with van der Waals surface area (Å²) < 4.78 is 0. The lowest BCUT2D eigenvalue weighted by molar-refractivity contribution is 0.574. The highest BCUT2D eigenvalue weighted by atomic mass is 14.9. The lowest BCUT2D eigenvalue weighted by atomic mass is 10.2. The quantitative estimate of drug-likeness (QED) is 0.597. The van der Waals surface area contributed by atoms with Crippen molar-refractivity contribution in [2.45, 2.75) is 45.6 Å². The Bertz CT molecular complexity index is 72.6. The fourth-order valence-electron chi connectivity index (χ4n) is 1.35. The van der Waals surface area contributed by atoms with Gasteiger partial charge in [-0.3, -0.25) is 0 Å². The van der Waals surface area contributed by atoms with Gasteiger partial charge >= 0.3 is 0 Å². The van der Waals surface area contributed by atoms with Gasteiger partial charge in [0.1, 0.15) is 0 Å². The van der Waals surface area contributed by atoms with Crippen LogP contribution in [0.3, 0.4) is 0 Å². The molecule has 1 fully saturated rings. The Labute approximate surface area is 57.8 Å². The van der Waals surface area contributed by atoms with Crippen LogP contribution in [0, 0.1) is 6.04 Å². The third-order valence-corrected chi connectivity index (χ3v) is 1.70. The van der Waals surface area contributed by atoms with Gasteiger partial charge in [-0.05, 0) is 12.8 Å². The summed E-state index contributed by atoms with van der Waals surface area (Å²) in [5.41, 5.74) is 0. The maximum absolute atomic E-state index is 3.46. The van der Waals surface area contributed by atoms with Crippen molar-refractivity contribution in [3.63, 3.8) is 0 Å². The molecule has 0 spiro atoms. The molecule has 1 aliphatic carbocycles. The zero-order valence-corrected chi connectivity index (χ0v) is 6.41. The monoisotopic (exact) mass is 126 g/mol. The smallest absolute Gasteiger partial charge is 0.0366 e. The third-order valence-electron chi connectivity index (χ3n) is 1.70. The summed E-state index contributed by atoms with van der Waals surface area (Å²) in [6, 6.07) is 2.21. The lowest BCUT2D eigenvalue weighted by Crippen LogP contribution is -2.25. The van der Waals surface area contributed by atoms with Crippen LogP contribution in [0.1, 0.15) is 39.5 Å². The molecule has 0 amide bonds. The Morgan fingerprint density at radius 3 is 2.22 bits per heavy atom. The highest BCUT2D eigenvalue weighted by molar-refractivity contribution is 4.92. The first-order valence-electron chi connectivity index (χ1n) is 3.90. The van der Waals surface area contributed by atoms with Gasteiger partial charge in [0.15, 0.2) is 0 Å². The number of rotatable bonds is 2. The largest absolute Gasteiger partial charge is 0.307 e. The molecule has 1 N–H and O–H groups in total. The topological polar surface area (TPSA) is 12.0 Å². The number of hydrogen-bond donors (Lipinski definition) is 1. The Kier molecular flexibility index (Phi) is 2.52. The van der Waals surface area contributed by atoms with Crippen LogP contribution >= 0.6 is 0 Å². The first kappa shape index (κ1) is 7.07. The van der Waals surface area contributed by atoms with Gasteiger partial charge in [0.25, 0.3) is 0 Å². The molecular weight excluding hydrogens is 110 g/mol. The molecule has 0 atom stereocenters. The standard InChI is InChI=1S/C8H16N/c1-7(2)9-8-5-3-4-6-8/h7,9H,3-6H2,1-2H3. The number of hydrogen-bond acceptors (Lipinski definition) is 1. The van der Waals surface area contributed by atoms with Gasteiger partial charge in [0.2, 0.25) is 0 Å². The molecule has 1 aliphatic rings. The second-order valence-electron chi connectivity index (χ2n) is 3.11. The van der Waals surface area contributed by atoms with E-state index in [1.807, 2.05) is 0 Å². The van der Waals surface area contributed by atoms with Gasteiger partial charge in [-0.1, -0.05) is 26.7 Å². The normalized spacial score (nSPS) is 21.7. The average molecular weight is 126 g/mol. The van der Waals surface area contributed by atoms with Crippen LogP contribution in [0.2, 0.25) is 0 Å². The summed E-state index contributed by atoms with van der Waals surface area (Å²) >= 11 is 0.